The summed E-state index contributed by atoms with van der Waals surface area (Å²) in [5.74, 6) is -3.40. The third-order valence-corrected chi connectivity index (χ3v) is 10.5. The highest BCUT2D eigenvalue weighted by molar-refractivity contribution is 7.17. The molecule has 0 spiro atoms. The minimum Gasteiger partial charge on any atom is -0.497 e. The van der Waals surface area contributed by atoms with E-state index in [1.54, 1.807) is 7.11 Å². The molecule has 0 N–H and O–H groups in total. The van der Waals surface area contributed by atoms with Crippen molar-refractivity contribution >= 4 is 50.5 Å². The Morgan fingerprint density at radius 1 is 0.976 bits per heavy atom. The molecule has 4 aromatic rings. The summed E-state index contributed by atoms with van der Waals surface area (Å²) in [6.45, 7) is 0. The molecule has 0 bridgehead atoms. The van der Waals surface area contributed by atoms with Gasteiger partial charge in [-0.2, -0.15) is 5.26 Å². The van der Waals surface area contributed by atoms with Gasteiger partial charge in [0.2, 0.25) is 11.8 Å². The number of amides is 2. The fraction of sp³-hybridized carbons (Fsp3) is 0.235. The minimum atomic E-state index is -0.958. The quantitative estimate of drug-likeness (QED) is 0.175. The van der Waals surface area contributed by atoms with Crippen LogP contribution in [0, 0.1) is 29.1 Å². The van der Waals surface area contributed by atoms with Crippen LogP contribution >= 0.6 is 11.3 Å². The number of benzene rings is 3. The van der Waals surface area contributed by atoms with Gasteiger partial charge in [0.15, 0.2) is 0 Å². The van der Waals surface area contributed by atoms with Crippen LogP contribution in [0.3, 0.4) is 0 Å². The van der Waals surface area contributed by atoms with Gasteiger partial charge in [-0.25, -0.2) is 4.90 Å². The molecule has 0 unspecified atom stereocenters. The number of hydrogen-bond acceptors (Lipinski definition) is 7. The fourth-order valence-corrected chi connectivity index (χ4v) is 8.65. The maximum atomic E-state index is 14.4. The number of esters is 1. The van der Waals surface area contributed by atoms with Crippen molar-refractivity contribution in [3.63, 3.8) is 0 Å². The average molecular weight is 573 g/mol. The number of hydrogen-bond donors (Lipinski definition) is 0. The number of rotatable bonds is 3. The Balaban J connectivity index is 1.33. The lowest BCUT2D eigenvalue weighted by atomic mass is 9.64. The van der Waals surface area contributed by atoms with Gasteiger partial charge < -0.3 is 9.47 Å². The number of ether oxygens (including phenoxy) is 2. The van der Waals surface area contributed by atoms with E-state index < -0.39 is 35.5 Å². The summed E-state index contributed by atoms with van der Waals surface area (Å²) in [4.78, 5) is 44.8. The number of fused-ring (bicyclic) bond motifs is 8. The van der Waals surface area contributed by atoms with Crippen LogP contribution in [-0.2, 0) is 27.2 Å². The van der Waals surface area contributed by atoms with Crippen molar-refractivity contribution in [3.05, 3.63) is 93.9 Å². The molecule has 0 radical (unpaired) electrons. The molecule has 8 heteroatoms. The second-order valence-corrected chi connectivity index (χ2v) is 12.3. The van der Waals surface area contributed by atoms with Crippen molar-refractivity contribution < 1.29 is 23.9 Å². The number of imide groups is 1. The Labute approximate surface area is 245 Å². The molecule has 2 amide bonds. The Morgan fingerprint density at radius 3 is 2.55 bits per heavy atom. The van der Waals surface area contributed by atoms with Crippen LogP contribution < -0.4 is 14.4 Å². The lowest BCUT2D eigenvalue weighted by Gasteiger charge is -2.38. The Morgan fingerprint density at radius 2 is 1.76 bits per heavy atom. The third kappa shape index (κ3) is 3.34. The van der Waals surface area contributed by atoms with Crippen molar-refractivity contribution in [2.24, 2.45) is 17.8 Å². The normalized spacial score (nSPS) is 24.0. The first-order valence-electron chi connectivity index (χ1n) is 14.0. The SMILES string of the molecule is COc1ccc([C@@H]2C=C3c4ccc5ccccc5c4OC(=O)[C@@H]3[C@@H]3C(=O)N(c4sc5c(c4C#N)CCC5)C(=O)[C@H]32)cc1. The van der Waals surface area contributed by atoms with Gasteiger partial charge in [0.05, 0.1) is 30.4 Å². The molecule has 7 nitrogen and oxygen atoms in total. The summed E-state index contributed by atoms with van der Waals surface area (Å²) >= 11 is 1.36. The van der Waals surface area contributed by atoms with E-state index >= 15 is 0 Å². The second-order valence-electron chi connectivity index (χ2n) is 11.2. The number of carbonyl (C=O) groups is 3. The van der Waals surface area contributed by atoms with Crippen LogP contribution in [0.4, 0.5) is 5.00 Å². The summed E-state index contributed by atoms with van der Waals surface area (Å²) in [5, 5.41) is 12.2. The van der Waals surface area contributed by atoms with Crippen molar-refractivity contribution in [2.45, 2.75) is 25.2 Å². The smallest absolute Gasteiger partial charge is 0.319 e. The molecule has 206 valence electrons. The van der Waals surface area contributed by atoms with Gasteiger partial charge in [-0.1, -0.05) is 54.6 Å². The van der Waals surface area contributed by atoms with Gasteiger partial charge in [-0.05, 0) is 53.5 Å². The highest BCUT2D eigenvalue weighted by Gasteiger charge is 2.61. The van der Waals surface area contributed by atoms with Crippen molar-refractivity contribution in [1.82, 2.24) is 0 Å². The molecule has 2 aliphatic heterocycles. The number of allylic oxidation sites excluding steroid dienone is 1. The first-order valence-corrected chi connectivity index (χ1v) is 14.8. The van der Waals surface area contributed by atoms with Crippen molar-refractivity contribution in [3.8, 4) is 17.6 Å². The van der Waals surface area contributed by atoms with E-state index in [0.29, 0.717) is 27.6 Å². The zero-order chi connectivity index (χ0) is 28.7. The van der Waals surface area contributed by atoms with Crippen molar-refractivity contribution in [1.29, 1.82) is 5.26 Å². The zero-order valence-electron chi connectivity index (χ0n) is 22.6. The van der Waals surface area contributed by atoms with Crippen LogP contribution in [0.1, 0.15) is 39.5 Å². The number of carbonyl (C=O) groups excluding carboxylic acids is 3. The van der Waals surface area contributed by atoms with E-state index in [4.69, 9.17) is 9.47 Å². The fourth-order valence-electron chi connectivity index (χ4n) is 7.30. The number of anilines is 1. The lowest BCUT2D eigenvalue weighted by Crippen LogP contribution is -2.42. The predicted octanol–water partition coefficient (Wildman–Crippen LogP) is 5.79. The predicted molar refractivity (Wildman–Crippen MR) is 157 cm³/mol. The Hall–Kier alpha value is -4.74. The van der Waals surface area contributed by atoms with Gasteiger partial charge in [0.25, 0.3) is 0 Å². The molecule has 3 heterocycles. The van der Waals surface area contributed by atoms with Gasteiger partial charge in [0.1, 0.15) is 22.6 Å². The summed E-state index contributed by atoms with van der Waals surface area (Å²) < 4.78 is 11.3. The van der Waals surface area contributed by atoms with Gasteiger partial charge in [-0.15, -0.1) is 11.3 Å². The highest BCUT2D eigenvalue weighted by Crippen LogP contribution is 2.56. The molecule has 1 aromatic heterocycles. The molecular weight excluding hydrogens is 548 g/mol. The van der Waals surface area contributed by atoms with Crippen LogP contribution in [-0.4, -0.2) is 24.9 Å². The minimum absolute atomic E-state index is 0.380. The molecule has 4 aliphatic rings. The van der Waals surface area contributed by atoms with Crippen LogP contribution in [0.2, 0.25) is 0 Å². The van der Waals surface area contributed by atoms with E-state index in [1.165, 1.54) is 16.2 Å². The van der Waals surface area contributed by atoms with E-state index in [2.05, 4.69) is 6.07 Å². The monoisotopic (exact) mass is 572 g/mol. The van der Waals surface area contributed by atoms with Crippen molar-refractivity contribution in [2.75, 3.05) is 12.0 Å². The van der Waals surface area contributed by atoms with Crippen LogP contribution in [0.25, 0.3) is 16.3 Å². The standard InChI is InChI=1S/C34H24N2O5S/c1-40-19-12-9-18(10-13-19)23-15-24-22-14-11-17-5-2-3-6-20(17)30(22)41-34(39)28(24)29-27(23)31(37)36(32(29)38)33-25(16-35)21-7-4-8-26(21)42-33/h2-3,5-6,9-15,23,27-29H,4,7-8H2,1H3/t23-,27-,28-,29+/m0/s1. The molecule has 2 aliphatic carbocycles. The first-order chi connectivity index (χ1) is 20.5. The van der Waals surface area contributed by atoms with Crippen LogP contribution in [0.15, 0.2) is 66.7 Å². The van der Waals surface area contributed by atoms with Gasteiger partial charge >= 0.3 is 5.97 Å². The highest BCUT2D eigenvalue weighted by atomic mass is 32.1. The zero-order valence-corrected chi connectivity index (χ0v) is 23.4. The molecular formula is C34H24N2O5S. The maximum absolute atomic E-state index is 14.4. The number of nitrogens with zero attached hydrogens (tertiary/aromatic N) is 2. The molecule has 1 saturated heterocycles. The number of aryl methyl sites for hydroxylation is 1. The third-order valence-electron chi connectivity index (χ3n) is 9.20. The second kappa shape index (κ2) is 9.13. The summed E-state index contributed by atoms with van der Waals surface area (Å²) in [7, 11) is 1.59. The molecule has 1 fully saturated rings. The van der Waals surface area contributed by atoms with E-state index in [-0.39, 0.29) is 5.91 Å². The molecule has 8 rings (SSSR count). The molecule has 0 saturated carbocycles. The Bertz CT molecular complexity index is 1930. The molecule has 42 heavy (non-hydrogen) atoms. The van der Waals surface area contributed by atoms with Gasteiger partial charge in [0, 0.05) is 21.7 Å². The number of thiophene rings is 1. The Kier molecular flexibility index (Phi) is 5.44. The summed E-state index contributed by atoms with van der Waals surface area (Å²) in [6, 6.07) is 21.4. The van der Waals surface area contributed by atoms with E-state index in [9.17, 15) is 19.6 Å². The number of nitriles is 1. The molecule has 4 atom stereocenters. The van der Waals surface area contributed by atoms with E-state index in [0.717, 1.165) is 51.6 Å². The van der Waals surface area contributed by atoms with Crippen LogP contribution in [0.5, 0.6) is 11.5 Å². The lowest BCUT2D eigenvalue weighted by molar-refractivity contribution is -0.142. The first kappa shape index (κ1) is 25.0. The average Bonchev–Trinajstić information content (AvgIpc) is 3.68. The maximum Gasteiger partial charge on any atom is 0.319 e. The van der Waals surface area contributed by atoms with E-state index in [1.807, 2.05) is 66.7 Å². The summed E-state index contributed by atoms with van der Waals surface area (Å²) in [5.41, 5.74) is 3.64. The number of methoxy groups -OCH3 is 1. The summed E-state index contributed by atoms with van der Waals surface area (Å²) in [6.07, 6.45) is 4.53. The largest absolute Gasteiger partial charge is 0.497 e. The topological polar surface area (TPSA) is 96.7 Å². The molecule has 3 aromatic carbocycles. The van der Waals surface area contributed by atoms with Gasteiger partial charge in [-0.3, -0.25) is 14.4 Å².